The van der Waals surface area contributed by atoms with Gasteiger partial charge in [0, 0.05) is 12.6 Å². The van der Waals surface area contributed by atoms with Crippen LogP contribution in [-0.4, -0.2) is 22.0 Å². The van der Waals surface area contributed by atoms with Gasteiger partial charge in [-0.25, -0.2) is 9.97 Å². The maximum absolute atomic E-state index is 4.53. The molecular formula is C14H14N4. The summed E-state index contributed by atoms with van der Waals surface area (Å²) in [6, 6.07) is 12.2. The van der Waals surface area contributed by atoms with Gasteiger partial charge in [-0.05, 0) is 25.1 Å². The van der Waals surface area contributed by atoms with E-state index in [-0.39, 0.29) is 0 Å². The van der Waals surface area contributed by atoms with E-state index in [0.29, 0.717) is 0 Å². The summed E-state index contributed by atoms with van der Waals surface area (Å²) in [6.07, 6.45) is 0. The zero-order valence-corrected chi connectivity index (χ0v) is 10.4. The smallest absolute Gasteiger partial charge is 0.180 e. The van der Waals surface area contributed by atoms with Crippen molar-refractivity contribution in [2.24, 2.45) is 0 Å². The quantitative estimate of drug-likeness (QED) is 0.721. The van der Waals surface area contributed by atoms with Crippen LogP contribution < -0.4 is 5.32 Å². The van der Waals surface area contributed by atoms with Crippen molar-refractivity contribution in [1.82, 2.24) is 15.0 Å². The van der Waals surface area contributed by atoms with E-state index in [9.17, 15) is 0 Å². The van der Waals surface area contributed by atoms with Crippen molar-refractivity contribution in [2.45, 2.75) is 6.92 Å². The van der Waals surface area contributed by atoms with Gasteiger partial charge in [0.2, 0.25) is 0 Å². The fourth-order valence-corrected chi connectivity index (χ4v) is 1.96. The average molecular weight is 238 g/mol. The van der Waals surface area contributed by atoms with E-state index in [1.807, 2.05) is 31.3 Å². The molecule has 0 saturated carbocycles. The number of aryl methyl sites for hydroxylation is 1. The molecular weight excluding hydrogens is 224 g/mol. The topological polar surface area (TPSA) is 53.6 Å². The van der Waals surface area contributed by atoms with Gasteiger partial charge in [0.15, 0.2) is 5.65 Å². The van der Waals surface area contributed by atoms with Gasteiger partial charge in [-0.2, -0.15) is 0 Å². The molecule has 0 spiro atoms. The fraction of sp³-hybridized carbons (Fsp3) is 0.143. The minimum Gasteiger partial charge on any atom is -0.373 e. The fourth-order valence-electron chi connectivity index (χ4n) is 1.96. The van der Waals surface area contributed by atoms with Crippen LogP contribution in [0, 0.1) is 6.92 Å². The molecule has 0 radical (unpaired) electrons. The average Bonchev–Trinajstić information content (AvgIpc) is 2.81. The first-order valence-corrected chi connectivity index (χ1v) is 5.88. The highest BCUT2D eigenvalue weighted by Crippen LogP contribution is 2.21. The molecule has 2 N–H and O–H groups in total. The highest BCUT2D eigenvalue weighted by molar-refractivity contribution is 5.77. The maximum Gasteiger partial charge on any atom is 0.180 e. The van der Waals surface area contributed by atoms with Gasteiger partial charge in [-0.15, -0.1) is 0 Å². The number of nitrogens with zero attached hydrogens (tertiary/aromatic N) is 2. The van der Waals surface area contributed by atoms with Crippen molar-refractivity contribution in [2.75, 3.05) is 12.4 Å². The number of pyridine rings is 1. The molecule has 0 aliphatic carbocycles. The summed E-state index contributed by atoms with van der Waals surface area (Å²) in [5.74, 6) is 1.68. The summed E-state index contributed by atoms with van der Waals surface area (Å²) in [5, 5.41) is 3.01. The maximum atomic E-state index is 4.53. The number of H-pyrrole nitrogens is 1. The minimum absolute atomic E-state index is 0.735. The Morgan fingerprint density at radius 2 is 2.00 bits per heavy atom. The predicted molar refractivity (Wildman–Crippen MR) is 73.6 cm³/mol. The number of fused-ring (bicyclic) bond motifs is 1. The van der Waals surface area contributed by atoms with Gasteiger partial charge in [-0.1, -0.05) is 23.8 Å². The molecule has 18 heavy (non-hydrogen) atoms. The first kappa shape index (κ1) is 10.8. The Hall–Kier alpha value is -2.36. The van der Waals surface area contributed by atoms with Crippen LogP contribution >= 0.6 is 0 Å². The van der Waals surface area contributed by atoms with Crippen molar-refractivity contribution in [3.63, 3.8) is 0 Å². The summed E-state index contributed by atoms with van der Waals surface area (Å²) >= 11 is 0. The number of anilines is 1. The zero-order valence-electron chi connectivity index (χ0n) is 10.4. The first-order valence-electron chi connectivity index (χ1n) is 5.88. The van der Waals surface area contributed by atoms with Crippen LogP contribution in [0.15, 0.2) is 36.4 Å². The molecule has 0 atom stereocenters. The van der Waals surface area contributed by atoms with E-state index >= 15 is 0 Å². The second-order valence-corrected chi connectivity index (χ2v) is 4.27. The molecule has 2 heterocycles. The Balaban J connectivity index is 2.13. The van der Waals surface area contributed by atoms with Crippen LogP contribution in [-0.2, 0) is 0 Å². The van der Waals surface area contributed by atoms with E-state index in [4.69, 9.17) is 0 Å². The van der Waals surface area contributed by atoms with Gasteiger partial charge < -0.3 is 10.3 Å². The molecule has 0 unspecified atom stereocenters. The van der Waals surface area contributed by atoms with Gasteiger partial charge in [0.25, 0.3) is 0 Å². The highest BCUT2D eigenvalue weighted by atomic mass is 15.0. The van der Waals surface area contributed by atoms with Crippen LogP contribution in [0.2, 0.25) is 0 Å². The third-order valence-electron chi connectivity index (χ3n) is 2.89. The van der Waals surface area contributed by atoms with E-state index in [2.05, 4.69) is 39.3 Å². The van der Waals surface area contributed by atoms with Crippen LogP contribution in [0.5, 0.6) is 0 Å². The standard InChI is InChI=1S/C14H14N4/c1-9-4-3-5-10(8-9)13-16-11-6-7-12(15-2)17-14(11)18-13/h3-8H,1-2H3,(H2,15,16,17,18). The van der Waals surface area contributed by atoms with Crippen LogP contribution in [0.3, 0.4) is 0 Å². The largest absolute Gasteiger partial charge is 0.373 e. The van der Waals surface area contributed by atoms with E-state index in [0.717, 1.165) is 28.4 Å². The van der Waals surface area contributed by atoms with Crippen LogP contribution in [0.1, 0.15) is 5.56 Å². The van der Waals surface area contributed by atoms with E-state index in [1.54, 1.807) is 0 Å². The lowest BCUT2D eigenvalue weighted by Gasteiger charge is -1.97. The molecule has 0 saturated heterocycles. The third-order valence-corrected chi connectivity index (χ3v) is 2.89. The van der Waals surface area contributed by atoms with Gasteiger partial charge in [-0.3, -0.25) is 0 Å². The lowest BCUT2D eigenvalue weighted by atomic mass is 10.1. The number of nitrogens with one attached hydrogen (secondary N) is 2. The molecule has 90 valence electrons. The van der Waals surface area contributed by atoms with Gasteiger partial charge in [0.05, 0.1) is 5.52 Å². The molecule has 1 aromatic carbocycles. The normalized spacial score (nSPS) is 10.8. The monoisotopic (exact) mass is 238 g/mol. The highest BCUT2D eigenvalue weighted by Gasteiger charge is 2.06. The second-order valence-electron chi connectivity index (χ2n) is 4.27. The van der Waals surface area contributed by atoms with Crippen molar-refractivity contribution >= 4 is 17.0 Å². The lowest BCUT2D eigenvalue weighted by Crippen LogP contribution is -1.91. The molecule has 0 aliphatic rings. The molecule has 0 amide bonds. The van der Waals surface area contributed by atoms with Crippen molar-refractivity contribution in [3.05, 3.63) is 42.0 Å². The van der Waals surface area contributed by atoms with E-state index < -0.39 is 0 Å². The number of imidazole rings is 1. The molecule has 3 aromatic rings. The van der Waals surface area contributed by atoms with Gasteiger partial charge in [0.1, 0.15) is 11.6 Å². The predicted octanol–water partition coefficient (Wildman–Crippen LogP) is 2.98. The Bertz CT molecular complexity index is 700. The second kappa shape index (κ2) is 4.14. The summed E-state index contributed by atoms with van der Waals surface area (Å²) in [4.78, 5) is 12.2. The van der Waals surface area contributed by atoms with Crippen molar-refractivity contribution in [3.8, 4) is 11.4 Å². The Morgan fingerprint density at radius 1 is 1.11 bits per heavy atom. The zero-order chi connectivity index (χ0) is 12.5. The Morgan fingerprint density at radius 3 is 2.78 bits per heavy atom. The molecule has 2 aromatic heterocycles. The minimum atomic E-state index is 0.735. The molecule has 0 bridgehead atoms. The number of aromatic nitrogens is 3. The summed E-state index contributed by atoms with van der Waals surface area (Å²) in [7, 11) is 1.85. The Kier molecular flexibility index (Phi) is 2.48. The van der Waals surface area contributed by atoms with E-state index in [1.165, 1.54) is 5.56 Å². The van der Waals surface area contributed by atoms with Crippen molar-refractivity contribution < 1.29 is 0 Å². The number of hydrogen-bond donors (Lipinski definition) is 2. The Labute approximate surface area is 105 Å². The summed E-state index contributed by atoms with van der Waals surface area (Å²) < 4.78 is 0. The SMILES string of the molecule is CNc1ccc2[nH]c(-c3cccc(C)c3)nc2n1. The number of benzene rings is 1. The molecule has 3 rings (SSSR count). The summed E-state index contributed by atoms with van der Waals surface area (Å²) in [5.41, 5.74) is 3.99. The third kappa shape index (κ3) is 1.82. The van der Waals surface area contributed by atoms with Crippen molar-refractivity contribution in [1.29, 1.82) is 0 Å². The molecule has 4 heteroatoms. The lowest BCUT2D eigenvalue weighted by molar-refractivity contribution is 1.28. The molecule has 0 fully saturated rings. The molecule has 0 aliphatic heterocycles. The van der Waals surface area contributed by atoms with Crippen LogP contribution in [0.4, 0.5) is 5.82 Å². The number of aromatic amines is 1. The van der Waals surface area contributed by atoms with Gasteiger partial charge >= 0.3 is 0 Å². The number of rotatable bonds is 2. The first-order chi connectivity index (χ1) is 8.76. The number of hydrogen-bond acceptors (Lipinski definition) is 3. The summed E-state index contributed by atoms with van der Waals surface area (Å²) in [6.45, 7) is 2.07. The van der Waals surface area contributed by atoms with Crippen LogP contribution in [0.25, 0.3) is 22.6 Å². The molecule has 4 nitrogen and oxygen atoms in total.